The van der Waals surface area contributed by atoms with Gasteiger partial charge in [-0.05, 0) is 18.5 Å². The molecule has 0 amide bonds. The minimum Gasteiger partial charge on any atom is -0.337 e. The fraction of sp³-hybridized carbons (Fsp3) is 0.300. The van der Waals surface area contributed by atoms with E-state index in [1.54, 1.807) is 20.2 Å². The van der Waals surface area contributed by atoms with Crippen LogP contribution in [0.15, 0.2) is 12.3 Å². The zero-order chi connectivity index (χ0) is 14.2. The quantitative estimate of drug-likeness (QED) is 0.864. The van der Waals surface area contributed by atoms with E-state index < -0.39 is 17.2 Å². The predicted molar refractivity (Wildman–Crippen MR) is 63.3 cm³/mol. The number of halogens is 4. The average molecular weight is 292 g/mol. The summed E-state index contributed by atoms with van der Waals surface area (Å²) in [6.07, 6.45) is -2.95. The molecule has 0 saturated heterocycles. The van der Waals surface area contributed by atoms with Crippen molar-refractivity contribution in [2.45, 2.75) is 13.1 Å². The average Bonchev–Trinajstić information content (AvgIpc) is 2.55. The molecular formula is C10H9ClF3N5. The molecular weight excluding hydrogens is 283 g/mol. The van der Waals surface area contributed by atoms with Crippen molar-refractivity contribution in [2.24, 2.45) is 7.05 Å². The van der Waals surface area contributed by atoms with E-state index in [-0.39, 0.29) is 5.82 Å². The Balaban J connectivity index is 2.35. The highest BCUT2D eigenvalue weighted by atomic mass is 35.5. The van der Waals surface area contributed by atoms with Gasteiger partial charge >= 0.3 is 6.18 Å². The van der Waals surface area contributed by atoms with E-state index in [0.29, 0.717) is 11.4 Å². The molecule has 0 atom stereocenters. The number of alkyl halides is 3. The number of anilines is 2. The Morgan fingerprint density at radius 1 is 1.32 bits per heavy atom. The van der Waals surface area contributed by atoms with Gasteiger partial charge in [0.1, 0.15) is 5.82 Å². The number of aryl methyl sites for hydroxylation is 2. The van der Waals surface area contributed by atoms with E-state index in [9.17, 15) is 13.2 Å². The van der Waals surface area contributed by atoms with E-state index in [2.05, 4.69) is 20.4 Å². The SMILES string of the molecule is Cc1nn(C)cc1Nc1cc(C(F)(F)F)nc(Cl)n1. The minimum atomic E-state index is -4.58. The van der Waals surface area contributed by atoms with Crippen LogP contribution in [-0.2, 0) is 13.2 Å². The van der Waals surface area contributed by atoms with Crippen molar-refractivity contribution in [3.8, 4) is 0 Å². The fourth-order valence-electron chi connectivity index (χ4n) is 1.49. The molecule has 0 saturated carbocycles. The Hall–Kier alpha value is -1.83. The van der Waals surface area contributed by atoms with Gasteiger partial charge in [0, 0.05) is 19.3 Å². The van der Waals surface area contributed by atoms with E-state index in [1.165, 1.54) is 4.68 Å². The summed E-state index contributed by atoms with van der Waals surface area (Å²) >= 11 is 5.48. The van der Waals surface area contributed by atoms with Gasteiger partial charge in [0.05, 0.1) is 11.4 Å². The summed E-state index contributed by atoms with van der Waals surface area (Å²) in [4.78, 5) is 6.84. The van der Waals surface area contributed by atoms with Crippen LogP contribution in [0.25, 0.3) is 0 Å². The molecule has 0 fully saturated rings. The van der Waals surface area contributed by atoms with Crippen molar-refractivity contribution in [2.75, 3.05) is 5.32 Å². The standard InChI is InChI=1S/C10H9ClF3N5/c1-5-6(4-19(2)18-5)15-8-3-7(10(12,13)14)16-9(11)17-8/h3-4H,1-2H3,(H,15,16,17). The molecule has 0 bridgehead atoms. The summed E-state index contributed by atoms with van der Waals surface area (Å²) < 4.78 is 39.3. The monoisotopic (exact) mass is 291 g/mol. The van der Waals surface area contributed by atoms with Gasteiger partial charge in [0.25, 0.3) is 0 Å². The molecule has 0 aliphatic heterocycles. The third-order valence-corrected chi connectivity index (χ3v) is 2.43. The first-order valence-electron chi connectivity index (χ1n) is 5.15. The largest absolute Gasteiger partial charge is 0.433 e. The fourth-order valence-corrected chi connectivity index (χ4v) is 1.67. The molecule has 9 heteroatoms. The lowest BCUT2D eigenvalue weighted by atomic mass is 10.3. The molecule has 0 radical (unpaired) electrons. The summed E-state index contributed by atoms with van der Waals surface area (Å²) in [7, 11) is 1.70. The molecule has 2 aromatic rings. The van der Waals surface area contributed by atoms with Crippen LogP contribution in [0.3, 0.4) is 0 Å². The lowest BCUT2D eigenvalue weighted by Gasteiger charge is -2.09. The zero-order valence-electron chi connectivity index (χ0n) is 9.96. The summed E-state index contributed by atoms with van der Waals surface area (Å²) in [5, 5.41) is 6.31. The lowest BCUT2D eigenvalue weighted by Crippen LogP contribution is -2.10. The summed E-state index contributed by atoms with van der Waals surface area (Å²) in [6.45, 7) is 1.72. The molecule has 5 nitrogen and oxygen atoms in total. The summed E-state index contributed by atoms with van der Waals surface area (Å²) in [5.41, 5.74) is 0.0766. The van der Waals surface area contributed by atoms with Gasteiger partial charge in [0.2, 0.25) is 5.28 Å². The molecule has 102 valence electrons. The van der Waals surface area contributed by atoms with Gasteiger partial charge in [-0.1, -0.05) is 0 Å². The van der Waals surface area contributed by atoms with Gasteiger partial charge in [-0.25, -0.2) is 9.97 Å². The molecule has 2 aromatic heterocycles. The molecule has 0 unspecified atom stereocenters. The third kappa shape index (κ3) is 3.14. The Bertz CT molecular complexity index is 608. The first-order chi connectivity index (χ1) is 8.75. The van der Waals surface area contributed by atoms with Gasteiger partial charge in [0.15, 0.2) is 5.69 Å². The number of nitrogens with zero attached hydrogens (tertiary/aromatic N) is 4. The first kappa shape index (κ1) is 13.6. The van der Waals surface area contributed by atoms with E-state index in [0.717, 1.165) is 6.07 Å². The van der Waals surface area contributed by atoms with Crippen LogP contribution < -0.4 is 5.32 Å². The van der Waals surface area contributed by atoms with Gasteiger partial charge < -0.3 is 5.32 Å². The van der Waals surface area contributed by atoms with Gasteiger partial charge in [-0.15, -0.1) is 0 Å². The number of nitrogens with one attached hydrogen (secondary N) is 1. The van der Waals surface area contributed by atoms with E-state index >= 15 is 0 Å². The molecule has 0 aliphatic rings. The Morgan fingerprint density at radius 3 is 2.53 bits per heavy atom. The highest BCUT2D eigenvalue weighted by Gasteiger charge is 2.33. The van der Waals surface area contributed by atoms with Crippen LogP contribution in [0.4, 0.5) is 24.7 Å². The van der Waals surface area contributed by atoms with Crippen LogP contribution in [0.5, 0.6) is 0 Å². The molecule has 0 spiro atoms. The topological polar surface area (TPSA) is 55.6 Å². The molecule has 2 heterocycles. The van der Waals surface area contributed by atoms with Crippen LogP contribution in [0.1, 0.15) is 11.4 Å². The Morgan fingerprint density at radius 2 is 2.00 bits per heavy atom. The first-order valence-corrected chi connectivity index (χ1v) is 5.52. The summed E-state index contributed by atoms with van der Waals surface area (Å²) in [6, 6.07) is 0.790. The molecule has 2 rings (SSSR count). The molecule has 1 N–H and O–H groups in total. The van der Waals surface area contributed by atoms with Crippen molar-refractivity contribution < 1.29 is 13.2 Å². The normalized spacial score (nSPS) is 11.7. The smallest absolute Gasteiger partial charge is 0.337 e. The Labute approximate surface area is 111 Å². The van der Waals surface area contributed by atoms with Crippen molar-refractivity contribution in [3.63, 3.8) is 0 Å². The van der Waals surface area contributed by atoms with Gasteiger partial charge in [-0.3, -0.25) is 4.68 Å². The second kappa shape index (κ2) is 4.69. The highest BCUT2D eigenvalue weighted by Crippen LogP contribution is 2.30. The maximum Gasteiger partial charge on any atom is 0.433 e. The maximum absolute atomic E-state index is 12.6. The van der Waals surface area contributed by atoms with Crippen LogP contribution in [0.2, 0.25) is 5.28 Å². The van der Waals surface area contributed by atoms with Crippen LogP contribution in [-0.4, -0.2) is 19.7 Å². The summed E-state index contributed by atoms with van der Waals surface area (Å²) in [5.74, 6) is -0.0385. The van der Waals surface area contributed by atoms with Gasteiger partial charge in [-0.2, -0.15) is 18.3 Å². The Kier molecular flexibility index (Phi) is 3.36. The molecule has 19 heavy (non-hydrogen) atoms. The van der Waals surface area contributed by atoms with Crippen molar-refractivity contribution in [1.82, 2.24) is 19.7 Å². The molecule has 0 aliphatic carbocycles. The second-order valence-electron chi connectivity index (χ2n) is 3.83. The predicted octanol–water partition coefficient (Wildman–Crippen LogP) is 2.93. The van der Waals surface area contributed by atoms with E-state index in [1.807, 2.05) is 0 Å². The number of aromatic nitrogens is 4. The number of hydrogen-bond donors (Lipinski definition) is 1. The van der Waals surface area contributed by atoms with Crippen molar-refractivity contribution >= 4 is 23.1 Å². The third-order valence-electron chi connectivity index (χ3n) is 2.27. The van der Waals surface area contributed by atoms with Crippen LogP contribution >= 0.6 is 11.6 Å². The maximum atomic E-state index is 12.6. The van der Waals surface area contributed by atoms with E-state index in [4.69, 9.17) is 11.6 Å². The van der Waals surface area contributed by atoms with Crippen molar-refractivity contribution in [1.29, 1.82) is 0 Å². The minimum absolute atomic E-state index is 0.0385. The number of hydrogen-bond acceptors (Lipinski definition) is 4. The van der Waals surface area contributed by atoms with Crippen LogP contribution in [0, 0.1) is 6.92 Å². The molecule has 0 aromatic carbocycles. The highest BCUT2D eigenvalue weighted by molar-refractivity contribution is 6.28. The van der Waals surface area contributed by atoms with Crippen molar-refractivity contribution in [3.05, 3.63) is 28.9 Å². The lowest BCUT2D eigenvalue weighted by molar-refractivity contribution is -0.141. The second-order valence-corrected chi connectivity index (χ2v) is 4.17. The number of rotatable bonds is 2. The zero-order valence-corrected chi connectivity index (χ0v) is 10.7.